The summed E-state index contributed by atoms with van der Waals surface area (Å²) in [5, 5.41) is 3.02. The van der Waals surface area contributed by atoms with Gasteiger partial charge in [0.25, 0.3) is 0 Å². The first-order valence-corrected chi connectivity index (χ1v) is 4.62. The molecule has 12 heavy (non-hydrogen) atoms. The number of rotatable bonds is 3. The standard InChI is InChI=1S/C9H11BrFN/c1-12-5-4-7-2-3-8(10)9(11)6-7/h2-3,6,12H,4-5H2,1H3. The highest BCUT2D eigenvalue weighted by atomic mass is 79.9. The minimum Gasteiger partial charge on any atom is -0.319 e. The Morgan fingerprint density at radius 3 is 2.83 bits per heavy atom. The first-order valence-electron chi connectivity index (χ1n) is 3.82. The summed E-state index contributed by atoms with van der Waals surface area (Å²) in [4.78, 5) is 0. The summed E-state index contributed by atoms with van der Waals surface area (Å²) in [6.07, 6.45) is 0.862. The molecule has 0 saturated carbocycles. The van der Waals surface area contributed by atoms with E-state index in [0.29, 0.717) is 4.47 Å². The third kappa shape index (κ3) is 2.57. The first-order chi connectivity index (χ1) is 5.74. The van der Waals surface area contributed by atoms with Crippen LogP contribution in [0.1, 0.15) is 5.56 Å². The lowest BCUT2D eigenvalue weighted by molar-refractivity contribution is 0.618. The molecule has 0 amide bonds. The lowest BCUT2D eigenvalue weighted by atomic mass is 10.1. The van der Waals surface area contributed by atoms with Gasteiger partial charge in [-0.3, -0.25) is 0 Å². The van der Waals surface area contributed by atoms with Gasteiger partial charge in [-0.05, 0) is 53.6 Å². The number of hydrogen-bond acceptors (Lipinski definition) is 1. The van der Waals surface area contributed by atoms with Crippen LogP contribution in [-0.2, 0) is 6.42 Å². The van der Waals surface area contributed by atoms with Gasteiger partial charge < -0.3 is 5.32 Å². The zero-order valence-electron chi connectivity index (χ0n) is 6.90. The first kappa shape index (κ1) is 9.68. The molecule has 1 nitrogen and oxygen atoms in total. The maximum absolute atomic E-state index is 12.9. The normalized spacial score (nSPS) is 10.2. The summed E-state index contributed by atoms with van der Waals surface area (Å²) < 4.78 is 13.5. The molecule has 0 fully saturated rings. The van der Waals surface area contributed by atoms with Gasteiger partial charge in [0.2, 0.25) is 0 Å². The second-order valence-electron chi connectivity index (χ2n) is 2.60. The van der Waals surface area contributed by atoms with Crippen molar-refractivity contribution in [3.63, 3.8) is 0 Å². The van der Waals surface area contributed by atoms with Crippen LogP contribution in [0.5, 0.6) is 0 Å². The number of halogens is 2. The second-order valence-corrected chi connectivity index (χ2v) is 3.46. The Morgan fingerprint density at radius 1 is 1.50 bits per heavy atom. The third-order valence-corrected chi connectivity index (χ3v) is 2.29. The van der Waals surface area contributed by atoms with Crippen molar-refractivity contribution in [1.82, 2.24) is 5.32 Å². The van der Waals surface area contributed by atoms with Gasteiger partial charge in [-0.15, -0.1) is 0 Å². The lowest BCUT2D eigenvalue weighted by Gasteiger charge is -2.01. The summed E-state index contributed by atoms with van der Waals surface area (Å²) >= 11 is 3.11. The molecule has 0 radical (unpaired) electrons. The van der Waals surface area contributed by atoms with Crippen molar-refractivity contribution < 1.29 is 4.39 Å². The van der Waals surface area contributed by atoms with Gasteiger partial charge in [0.05, 0.1) is 4.47 Å². The van der Waals surface area contributed by atoms with Crippen molar-refractivity contribution in [1.29, 1.82) is 0 Å². The third-order valence-electron chi connectivity index (χ3n) is 1.65. The summed E-state index contributed by atoms with van der Waals surface area (Å²) in [6, 6.07) is 5.21. The Morgan fingerprint density at radius 2 is 2.25 bits per heavy atom. The highest BCUT2D eigenvalue weighted by Crippen LogP contribution is 2.16. The zero-order chi connectivity index (χ0) is 8.97. The molecule has 1 N–H and O–H groups in total. The highest BCUT2D eigenvalue weighted by molar-refractivity contribution is 9.10. The summed E-state index contributed by atoms with van der Waals surface area (Å²) in [6.45, 7) is 0.876. The van der Waals surface area contributed by atoms with Crippen LogP contribution < -0.4 is 5.32 Å². The molecular weight excluding hydrogens is 221 g/mol. The molecule has 0 bridgehead atoms. The fraction of sp³-hybridized carbons (Fsp3) is 0.333. The minimum atomic E-state index is -0.191. The number of nitrogens with one attached hydrogen (secondary N) is 1. The number of benzene rings is 1. The predicted molar refractivity (Wildman–Crippen MR) is 51.7 cm³/mol. The Hall–Kier alpha value is -0.410. The molecule has 1 rings (SSSR count). The molecule has 0 aliphatic rings. The molecule has 0 heterocycles. The van der Waals surface area contributed by atoms with E-state index in [1.165, 1.54) is 0 Å². The van der Waals surface area contributed by atoms with Gasteiger partial charge in [-0.25, -0.2) is 4.39 Å². The monoisotopic (exact) mass is 231 g/mol. The molecule has 3 heteroatoms. The smallest absolute Gasteiger partial charge is 0.137 e. The molecule has 0 unspecified atom stereocenters. The van der Waals surface area contributed by atoms with Crippen LogP contribution in [0.4, 0.5) is 4.39 Å². The van der Waals surface area contributed by atoms with Crippen LogP contribution in [0.2, 0.25) is 0 Å². The molecule has 0 aromatic heterocycles. The lowest BCUT2D eigenvalue weighted by Crippen LogP contribution is -2.10. The van der Waals surface area contributed by atoms with Crippen molar-refractivity contribution in [2.24, 2.45) is 0 Å². The van der Waals surface area contributed by atoms with Crippen LogP contribution >= 0.6 is 15.9 Å². The maximum atomic E-state index is 12.9. The molecular formula is C9H11BrFN. The van der Waals surface area contributed by atoms with Crippen LogP contribution in [0.15, 0.2) is 22.7 Å². The van der Waals surface area contributed by atoms with E-state index < -0.39 is 0 Å². The van der Waals surface area contributed by atoms with E-state index in [4.69, 9.17) is 0 Å². The van der Waals surface area contributed by atoms with Crippen LogP contribution in [0.25, 0.3) is 0 Å². The van der Waals surface area contributed by atoms with Crippen LogP contribution in [-0.4, -0.2) is 13.6 Å². The predicted octanol–water partition coefficient (Wildman–Crippen LogP) is 2.35. The van der Waals surface area contributed by atoms with Gasteiger partial charge >= 0.3 is 0 Å². The van der Waals surface area contributed by atoms with E-state index in [0.717, 1.165) is 18.5 Å². The molecule has 0 saturated heterocycles. The average Bonchev–Trinajstić information content (AvgIpc) is 2.07. The molecule has 0 spiro atoms. The van der Waals surface area contributed by atoms with E-state index in [1.54, 1.807) is 12.1 Å². The Balaban J connectivity index is 2.69. The largest absolute Gasteiger partial charge is 0.319 e. The van der Waals surface area contributed by atoms with E-state index in [2.05, 4.69) is 21.2 Å². The second kappa shape index (κ2) is 4.58. The van der Waals surface area contributed by atoms with E-state index in [1.807, 2.05) is 13.1 Å². The topological polar surface area (TPSA) is 12.0 Å². The fourth-order valence-corrected chi connectivity index (χ4v) is 1.21. The number of likely N-dealkylation sites (N-methyl/N-ethyl adjacent to an activating group) is 1. The summed E-state index contributed by atoms with van der Waals surface area (Å²) in [5.41, 5.74) is 1.02. The maximum Gasteiger partial charge on any atom is 0.137 e. The fourth-order valence-electron chi connectivity index (χ4n) is 0.964. The van der Waals surface area contributed by atoms with Crippen molar-refractivity contribution in [3.8, 4) is 0 Å². The SMILES string of the molecule is CNCCc1ccc(Br)c(F)c1. The minimum absolute atomic E-state index is 0.191. The van der Waals surface area contributed by atoms with Crippen molar-refractivity contribution in [2.75, 3.05) is 13.6 Å². The highest BCUT2D eigenvalue weighted by Gasteiger charge is 1.99. The van der Waals surface area contributed by atoms with Gasteiger partial charge in [0.1, 0.15) is 5.82 Å². The van der Waals surface area contributed by atoms with Crippen molar-refractivity contribution in [3.05, 3.63) is 34.1 Å². The van der Waals surface area contributed by atoms with E-state index >= 15 is 0 Å². The van der Waals surface area contributed by atoms with Crippen molar-refractivity contribution >= 4 is 15.9 Å². The van der Waals surface area contributed by atoms with E-state index in [-0.39, 0.29) is 5.82 Å². The van der Waals surface area contributed by atoms with Gasteiger partial charge in [0, 0.05) is 0 Å². The van der Waals surface area contributed by atoms with Crippen LogP contribution in [0.3, 0.4) is 0 Å². The molecule has 1 aromatic carbocycles. The van der Waals surface area contributed by atoms with Gasteiger partial charge in [-0.1, -0.05) is 6.07 Å². The van der Waals surface area contributed by atoms with Crippen LogP contribution in [0, 0.1) is 5.82 Å². The number of hydrogen-bond donors (Lipinski definition) is 1. The molecule has 66 valence electrons. The Labute approximate surface area is 80.1 Å². The molecule has 0 aliphatic heterocycles. The summed E-state index contributed by atoms with van der Waals surface area (Å²) in [5.74, 6) is -0.191. The molecule has 0 atom stereocenters. The molecule has 1 aromatic rings. The van der Waals surface area contributed by atoms with Crippen molar-refractivity contribution in [2.45, 2.75) is 6.42 Å². The Bertz CT molecular complexity index is 263. The quantitative estimate of drug-likeness (QED) is 0.843. The average molecular weight is 232 g/mol. The Kier molecular flexibility index (Phi) is 3.69. The summed E-state index contributed by atoms with van der Waals surface area (Å²) in [7, 11) is 1.88. The zero-order valence-corrected chi connectivity index (χ0v) is 8.49. The van der Waals surface area contributed by atoms with E-state index in [9.17, 15) is 4.39 Å². The van der Waals surface area contributed by atoms with Gasteiger partial charge in [0.15, 0.2) is 0 Å². The van der Waals surface area contributed by atoms with Gasteiger partial charge in [-0.2, -0.15) is 0 Å². The molecule has 0 aliphatic carbocycles.